The number of nitrogen functional groups attached to an aromatic ring is 1. The van der Waals surface area contributed by atoms with E-state index in [2.05, 4.69) is 9.97 Å². The molecule has 0 radical (unpaired) electrons. The average Bonchev–Trinajstić information content (AvgIpc) is 2.68. The Hall–Kier alpha value is -3.89. The van der Waals surface area contributed by atoms with E-state index in [1.807, 2.05) is 18.2 Å². The molecule has 0 bridgehead atoms. The summed E-state index contributed by atoms with van der Waals surface area (Å²) in [6, 6.07) is 11.1. The summed E-state index contributed by atoms with van der Waals surface area (Å²) in [5.41, 5.74) is 6.18. The standard InChI is InChI=1S/C16H14N4O2.C2HF3O2/c1-21-13-6-5-10-3-4-11(15(17)18)9-12(10)14(13)22-16-19-7-2-8-20-16;3-2(4,5)1(6)7/h2-9H,1H3,(H3,17,18);(H,6,7). The minimum absolute atomic E-state index is 0.00775. The van der Waals surface area contributed by atoms with Gasteiger partial charge in [0.15, 0.2) is 11.5 Å². The number of nitrogens with zero attached hydrogens (tertiary/aromatic N) is 2. The fourth-order valence-corrected chi connectivity index (χ4v) is 2.14. The zero-order chi connectivity index (χ0) is 21.6. The number of nitrogens with one attached hydrogen (secondary N) is 1. The molecule has 1 aromatic heterocycles. The molecule has 0 aliphatic rings. The zero-order valence-electron chi connectivity index (χ0n) is 14.9. The Morgan fingerprint density at radius 1 is 1.17 bits per heavy atom. The number of aliphatic carboxylic acids is 1. The van der Waals surface area contributed by atoms with Crippen LogP contribution in [0.5, 0.6) is 17.5 Å². The monoisotopic (exact) mass is 408 g/mol. The van der Waals surface area contributed by atoms with Crippen molar-refractivity contribution in [1.29, 1.82) is 5.41 Å². The molecule has 0 saturated carbocycles. The topological polar surface area (TPSA) is 131 Å². The Morgan fingerprint density at radius 3 is 2.28 bits per heavy atom. The third-order valence-corrected chi connectivity index (χ3v) is 3.44. The minimum Gasteiger partial charge on any atom is -0.493 e. The van der Waals surface area contributed by atoms with Crippen LogP contribution in [0.4, 0.5) is 13.2 Å². The van der Waals surface area contributed by atoms with E-state index >= 15 is 0 Å². The molecule has 29 heavy (non-hydrogen) atoms. The normalized spacial score (nSPS) is 10.6. The second kappa shape index (κ2) is 8.87. The number of hydrogen-bond acceptors (Lipinski definition) is 6. The van der Waals surface area contributed by atoms with Crippen molar-refractivity contribution in [2.24, 2.45) is 5.73 Å². The number of ether oxygens (including phenoxy) is 2. The Bertz CT molecular complexity index is 1030. The largest absolute Gasteiger partial charge is 0.493 e. The first-order valence-electron chi connectivity index (χ1n) is 7.83. The van der Waals surface area contributed by atoms with Crippen LogP contribution >= 0.6 is 0 Å². The molecule has 8 nitrogen and oxygen atoms in total. The van der Waals surface area contributed by atoms with Gasteiger partial charge in [0.2, 0.25) is 0 Å². The lowest BCUT2D eigenvalue weighted by atomic mass is 10.0. The summed E-state index contributed by atoms with van der Waals surface area (Å²) in [6.45, 7) is 0. The van der Waals surface area contributed by atoms with Gasteiger partial charge < -0.3 is 20.3 Å². The maximum absolute atomic E-state index is 10.6. The molecule has 1 heterocycles. The van der Waals surface area contributed by atoms with Crippen molar-refractivity contribution < 1.29 is 32.5 Å². The Kier molecular flexibility index (Phi) is 6.55. The third kappa shape index (κ3) is 5.54. The van der Waals surface area contributed by atoms with E-state index in [0.29, 0.717) is 17.1 Å². The van der Waals surface area contributed by atoms with Crippen LogP contribution in [-0.4, -0.2) is 40.2 Å². The van der Waals surface area contributed by atoms with E-state index < -0.39 is 12.1 Å². The highest BCUT2D eigenvalue weighted by atomic mass is 19.4. The molecule has 0 saturated heterocycles. The van der Waals surface area contributed by atoms with Gasteiger partial charge in [0, 0.05) is 23.3 Å². The van der Waals surface area contributed by atoms with Crippen molar-refractivity contribution in [3.05, 3.63) is 54.4 Å². The van der Waals surface area contributed by atoms with Crippen molar-refractivity contribution in [2.75, 3.05) is 7.11 Å². The number of alkyl halides is 3. The molecule has 2 aromatic carbocycles. The number of nitrogens with two attached hydrogens (primary N) is 1. The fraction of sp³-hybridized carbons (Fsp3) is 0.111. The summed E-state index contributed by atoms with van der Waals surface area (Å²) in [7, 11) is 1.56. The molecule has 4 N–H and O–H groups in total. The van der Waals surface area contributed by atoms with Crippen molar-refractivity contribution in [3.8, 4) is 17.5 Å². The number of carbonyl (C=O) groups is 1. The maximum atomic E-state index is 10.6. The van der Waals surface area contributed by atoms with E-state index in [1.165, 1.54) is 0 Å². The Labute approximate surface area is 162 Å². The first-order valence-corrected chi connectivity index (χ1v) is 7.83. The van der Waals surface area contributed by atoms with Gasteiger partial charge in [0.05, 0.1) is 7.11 Å². The van der Waals surface area contributed by atoms with Crippen molar-refractivity contribution in [2.45, 2.75) is 6.18 Å². The van der Waals surface area contributed by atoms with E-state index in [4.69, 9.17) is 30.5 Å². The highest BCUT2D eigenvalue weighted by molar-refractivity contribution is 6.01. The average molecular weight is 408 g/mol. The predicted molar refractivity (Wildman–Crippen MR) is 97.3 cm³/mol. The molecule has 0 aliphatic heterocycles. The zero-order valence-corrected chi connectivity index (χ0v) is 14.9. The van der Waals surface area contributed by atoms with Crippen molar-refractivity contribution in [1.82, 2.24) is 9.97 Å². The molecule has 3 rings (SSSR count). The Balaban J connectivity index is 0.000000370. The Morgan fingerprint density at radius 2 is 1.76 bits per heavy atom. The van der Waals surface area contributed by atoms with Crippen LogP contribution in [0.2, 0.25) is 0 Å². The number of carboxylic acids is 1. The number of halogens is 3. The van der Waals surface area contributed by atoms with Crippen LogP contribution in [0.1, 0.15) is 5.56 Å². The lowest BCUT2D eigenvalue weighted by molar-refractivity contribution is -0.192. The van der Waals surface area contributed by atoms with Gasteiger partial charge in [0.1, 0.15) is 5.84 Å². The summed E-state index contributed by atoms with van der Waals surface area (Å²) in [6.07, 6.45) is -1.89. The minimum atomic E-state index is -5.08. The molecular formula is C18H15F3N4O4. The van der Waals surface area contributed by atoms with Crippen LogP contribution in [0, 0.1) is 5.41 Å². The number of aromatic nitrogens is 2. The fourth-order valence-electron chi connectivity index (χ4n) is 2.14. The van der Waals surface area contributed by atoms with E-state index in [9.17, 15) is 13.2 Å². The summed E-state index contributed by atoms with van der Waals surface area (Å²) in [5, 5.41) is 16.4. The van der Waals surface area contributed by atoms with Gasteiger partial charge >= 0.3 is 18.2 Å². The van der Waals surface area contributed by atoms with Gasteiger partial charge in [-0.15, -0.1) is 0 Å². The smallest absolute Gasteiger partial charge is 0.490 e. The molecule has 0 amide bonds. The number of carboxylic acid groups (broad SMARTS) is 1. The number of hydrogen-bond donors (Lipinski definition) is 3. The maximum Gasteiger partial charge on any atom is 0.490 e. The van der Waals surface area contributed by atoms with Gasteiger partial charge in [-0.2, -0.15) is 13.2 Å². The molecule has 0 aliphatic carbocycles. The van der Waals surface area contributed by atoms with Crippen LogP contribution in [0.3, 0.4) is 0 Å². The highest BCUT2D eigenvalue weighted by Gasteiger charge is 2.38. The SMILES string of the molecule is COc1ccc2ccc(C(=N)N)cc2c1Oc1ncccn1.O=C(O)C(F)(F)F. The summed E-state index contributed by atoms with van der Waals surface area (Å²) in [4.78, 5) is 17.0. The van der Waals surface area contributed by atoms with E-state index in [-0.39, 0.29) is 11.8 Å². The van der Waals surface area contributed by atoms with Crippen molar-refractivity contribution in [3.63, 3.8) is 0 Å². The van der Waals surface area contributed by atoms with Gasteiger partial charge in [-0.25, -0.2) is 14.8 Å². The number of fused-ring (bicyclic) bond motifs is 1. The first kappa shape index (κ1) is 21.4. The molecule has 11 heteroatoms. The second-order valence-corrected chi connectivity index (χ2v) is 5.38. The van der Waals surface area contributed by atoms with Crippen LogP contribution in [-0.2, 0) is 4.79 Å². The van der Waals surface area contributed by atoms with Gasteiger partial charge in [-0.1, -0.05) is 18.2 Å². The van der Waals surface area contributed by atoms with Crippen LogP contribution in [0.15, 0.2) is 48.8 Å². The van der Waals surface area contributed by atoms with Crippen LogP contribution in [0.25, 0.3) is 10.8 Å². The lowest BCUT2D eigenvalue weighted by Crippen LogP contribution is -2.21. The summed E-state index contributed by atoms with van der Waals surface area (Å²) >= 11 is 0. The van der Waals surface area contributed by atoms with Gasteiger partial charge in [-0.3, -0.25) is 5.41 Å². The van der Waals surface area contributed by atoms with Gasteiger partial charge in [0.25, 0.3) is 0 Å². The summed E-state index contributed by atoms with van der Waals surface area (Å²) in [5.74, 6) is -1.71. The number of benzene rings is 2. The molecule has 152 valence electrons. The quantitative estimate of drug-likeness (QED) is 0.446. The number of rotatable bonds is 4. The first-order chi connectivity index (χ1) is 13.6. The molecule has 0 atom stereocenters. The number of methoxy groups -OCH3 is 1. The molecule has 0 fully saturated rings. The second-order valence-electron chi connectivity index (χ2n) is 5.38. The molecular weight excluding hydrogens is 393 g/mol. The molecule has 0 unspecified atom stereocenters. The lowest BCUT2D eigenvalue weighted by Gasteiger charge is -2.12. The van der Waals surface area contributed by atoms with Gasteiger partial charge in [-0.05, 0) is 23.6 Å². The third-order valence-electron chi connectivity index (χ3n) is 3.44. The summed E-state index contributed by atoms with van der Waals surface area (Å²) < 4.78 is 42.9. The molecule has 0 spiro atoms. The van der Waals surface area contributed by atoms with E-state index in [0.717, 1.165) is 10.8 Å². The van der Waals surface area contributed by atoms with E-state index in [1.54, 1.807) is 37.7 Å². The highest BCUT2D eigenvalue weighted by Crippen LogP contribution is 2.38. The molecule has 3 aromatic rings. The van der Waals surface area contributed by atoms with Crippen molar-refractivity contribution >= 4 is 22.6 Å². The predicted octanol–water partition coefficient (Wildman–Crippen LogP) is 3.35. The van der Waals surface area contributed by atoms with Crippen LogP contribution < -0.4 is 15.2 Å². The number of amidine groups is 1.